The Balaban J connectivity index is 1.68. The molecule has 32 heavy (non-hydrogen) atoms. The van der Waals surface area contributed by atoms with E-state index in [2.05, 4.69) is 9.88 Å². The van der Waals surface area contributed by atoms with Crippen molar-refractivity contribution in [3.05, 3.63) is 87.9 Å². The quantitative estimate of drug-likeness (QED) is 0.453. The molecule has 4 aromatic rings. The summed E-state index contributed by atoms with van der Waals surface area (Å²) in [6.45, 7) is 3.27. The molecular formula is C24H25N3O5. The lowest BCUT2D eigenvalue weighted by Crippen LogP contribution is -2.25. The summed E-state index contributed by atoms with van der Waals surface area (Å²) in [4.78, 5) is 19.4. The number of benzene rings is 1. The first kappa shape index (κ1) is 21.5. The SMILES string of the molecule is COc1ccc(CN(Cc2cc(=O)n3ccc(C)cc3n2)Cc2ccco2)c(OC)c1O. The Morgan fingerprint density at radius 1 is 1.09 bits per heavy atom. The van der Waals surface area contributed by atoms with Crippen molar-refractivity contribution in [2.75, 3.05) is 14.2 Å². The molecule has 0 saturated carbocycles. The smallest absolute Gasteiger partial charge is 0.258 e. The second-order valence-electron chi connectivity index (χ2n) is 7.55. The number of ether oxygens (including phenoxy) is 2. The van der Waals surface area contributed by atoms with Gasteiger partial charge in [0.15, 0.2) is 11.5 Å². The number of methoxy groups -OCH3 is 2. The second kappa shape index (κ2) is 9.15. The summed E-state index contributed by atoms with van der Waals surface area (Å²) >= 11 is 0. The lowest BCUT2D eigenvalue weighted by atomic mass is 10.1. The van der Waals surface area contributed by atoms with Crippen LogP contribution in [0, 0.1) is 6.92 Å². The van der Waals surface area contributed by atoms with Crippen LogP contribution in [0.1, 0.15) is 22.6 Å². The van der Waals surface area contributed by atoms with Crippen LogP contribution >= 0.6 is 0 Å². The van der Waals surface area contributed by atoms with Crippen LogP contribution in [-0.2, 0) is 19.6 Å². The first-order valence-corrected chi connectivity index (χ1v) is 10.1. The maximum atomic E-state index is 12.6. The van der Waals surface area contributed by atoms with Gasteiger partial charge in [0.05, 0.1) is 32.7 Å². The minimum absolute atomic E-state index is 0.0528. The lowest BCUT2D eigenvalue weighted by Gasteiger charge is -2.23. The van der Waals surface area contributed by atoms with Crippen LogP contribution in [0.15, 0.2) is 64.1 Å². The Morgan fingerprint density at radius 3 is 2.66 bits per heavy atom. The van der Waals surface area contributed by atoms with Crippen molar-refractivity contribution in [1.82, 2.24) is 14.3 Å². The topological polar surface area (TPSA) is 89.4 Å². The van der Waals surface area contributed by atoms with E-state index in [0.717, 1.165) is 16.9 Å². The molecule has 0 amide bonds. The number of pyridine rings is 1. The molecule has 4 rings (SSSR count). The second-order valence-corrected chi connectivity index (χ2v) is 7.55. The van der Waals surface area contributed by atoms with Gasteiger partial charge in [0.25, 0.3) is 5.56 Å². The molecule has 1 aromatic carbocycles. The fraction of sp³-hybridized carbons (Fsp3) is 0.250. The van der Waals surface area contributed by atoms with E-state index in [4.69, 9.17) is 13.9 Å². The molecule has 0 fully saturated rings. The zero-order chi connectivity index (χ0) is 22.7. The van der Waals surface area contributed by atoms with Crippen LogP contribution in [0.25, 0.3) is 5.65 Å². The number of rotatable bonds is 8. The van der Waals surface area contributed by atoms with Gasteiger partial charge < -0.3 is 19.0 Å². The Labute approximate surface area is 185 Å². The molecule has 1 N–H and O–H groups in total. The fourth-order valence-electron chi connectivity index (χ4n) is 3.71. The standard InChI is InChI=1S/C24H25N3O5/c1-16-8-9-27-21(11-16)25-18(12-22(27)28)14-26(15-19-5-4-10-32-19)13-17-6-7-20(30-2)23(29)24(17)31-3/h4-12,29H,13-15H2,1-3H3. The Bertz CT molecular complexity index is 1280. The Kier molecular flexibility index (Phi) is 6.13. The molecule has 0 unspecified atom stereocenters. The third-order valence-electron chi connectivity index (χ3n) is 5.21. The molecule has 8 heteroatoms. The van der Waals surface area contributed by atoms with E-state index in [1.54, 1.807) is 24.6 Å². The molecule has 0 spiro atoms. The lowest BCUT2D eigenvalue weighted by molar-refractivity contribution is 0.220. The van der Waals surface area contributed by atoms with Gasteiger partial charge in [-0.05, 0) is 42.8 Å². The summed E-state index contributed by atoms with van der Waals surface area (Å²) in [5.41, 5.74) is 2.90. The highest BCUT2D eigenvalue weighted by atomic mass is 16.5. The normalized spacial score (nSPS) is 11.2. The van der Waals surface area contributed by atoms with E-state index < -0.39 is 0 Å². The number of aromatic hydroxyl groups is 1. The largest absolute Gasteiger partial charge is 0.502 e. The Morgan fingerprint density at radius 2 is 1.94 bits per heavy atom. The number of aromatic nitrogens is 2. The molecular weight excluding hydrogens is 410 g/mol. The third-order valence-corrected chi connectivity index (χ3v) is 5.21. The summed E-state index contributed by atoms with van der Waals surface area (Å²) in [6.07, 6.45) is 3.35. The van der Waals surface area contributed by atoms with Crippen LogP contribution in [0.5, 0.6) is 17.2 Å². The van der Waals surface area contributed by atoms with Crippen LogP contribution < -0.4 is 15.0 Å². The monoisotopic (exact) mass is 435 g/mol. The predicted octanol–water partition coefficient (Wildman–Crippen LogP) is 3.52. The van der Waals surface area contributed by atoms with Crippen molar-refractivity contribution in [3.63, 3.8) is 0 Å². The molecule has 166 valence electrons. The molecule has 0 aliphatic heterocycles. The van der Waals surface area contributed by atoms with Crippen LogP contribution in [-0.4, -0.2) is 33.6 Å². The zero-order valence-electron chi connectivity index (χ0n) is 18.2. The van der Waals surface area contributed by atoms with Crippen LogP contribution in [0.2, 0.25) is 0 Å². The van der Waals surface area contributed by atoms with E-state index in [9.17, 15) is 9.90 Å². The number of aryl methyl sites for hydroxylation is 1. The third kappa shape index (κ3) is 4.45. The first-order valence-electron chi connectivity index (χ1n) is 10.1. The molecule has 0 aliphatic carbocycles. The highest BCUT2D eigenvalue weighted by Gasteiger charge is 2.18. The maximum absolute atomic E-state index is 12.6. The minimum Gasteiger partial charge on any atom is -0.502 e. The van der Waals surface area contributed by atoms with Crippen molar-refractivity contribution in [1.29, 1.82) is 0 Å². The summed E-state index contributed by atoms with van der Waals surface area (Å²) < 4.78 is 17.7. The van der Waals surface area contributed by atoms with Gasteiger partial charge in [0.2, 0.25) is 5.75 Å². The fourth-order valence-corrected chi connectivity index (χ4v) is 3.71. The number of fused-ring (bicyclic) bond motifs is 1. The molecule has 0 atom stereocenters. The summed E-state index contributed by atoms with van der Waals surface area (Å²) in [7, 11) is 2.99. The van der Waals surface area contributed by atoms with Crippen molar-refractivity contribution in [3.8, 4) is 17.2 Å². The predicted molar refractivity (Wildman–Crippen MR) is 119 cm³/mol. The van der Waals surface area contributed by atoms with Crippen molar-refractivity contribution >= 4 is 5.65 Å². The number of nitrogens with zero attached hydrogens (tertiary/aromatic N) is 3. The van der Waals surface area contributed by atoms with E-state index in [0.29, 0.717) is 42.5 Å². The summed E-state index contributed by atoms with van der Waals surface area (Å²) in [5, 5.41) is 10.5. The average molecular weight is 435 g/mol. The number of phenols is 1. The van der Waals surface area contributed by atoms with E-state index in [-0.39, 0.29) is 11.3 Å². The van der Waals surface area contributed by atoms with Gasteiger partial charge in [0.1, 0.15) is 11.4 Å². The summed E-state index contributed by atoms with van der Waals surface area (Å²) in [5.74, 6) is 1.40. The van der Waals surface area contributed by atoms with E-state index in [1.807, 2.05) is 37.3 Å². The zero-order valence-corrected chi connectivity index (χ0v) is 18.2. The van der Waals surface area contributed by atoms with Gasteiger partial charge in [0, 0.05) is 30.9 Å². The molecule has 0 saturated heterocycles. The van der Waals surface area contributed by atoms with Gasteiger partial charge in [-0.15, -0.1) is 0 Å². The highest BCUT2D eigenvalue weighted by Crippen LogP contribution is 2.39. The van der Waals surface area contributed by atoms with Gasteiger partial charge in [-0.25, -0.2) is 4.98 Å². The molecule has 3 heterocycles. The number of furan rings is 1. The van der Waals surface area contributed by atoms with E-state index in [1.165, 1.54) is 18.6 Å². The molecule has 0 bridgehead atoms. The van der Waals surface area contributed by atoms with Gasteiger partial charge in [-0.2, -0.15) is 0 Å². The molecule has 3 aromatic heterocycles. The number of hydrogen-bond donors (Lipinski definition) is 1. The maximum Gasteiger partial charge on any atom is 0.258 e. The molecule has 0 radical (unpaired) electrons. The highest BCUT2D eigenvalue weighted by molar-refractivity contribution is 5.54. The number of phenolic OH excluding ortho intramolecular Hbond substituents is 1. The average Bonchev–Trinajstić information content (AvgIpc) is 3.27. The van der Waals surface area contributed by atoms with Gasteiger partial charge in [-0.1, -0.05) is 6.07 Å². The van der Waals surface area contributed by atoms with E-state index >= 15 is 0 Å². The van der Waals surface area contributed by atoms with Gasteiger partial charge in [-0.3, -0.25) is 14.1 Å². The van der Waals surface area contributed by atoms with Crippen LogP contribution in [0.4, 0.5) is 0 Å². The minimum atomic E-state index is -0.136. The van der Waals surface area contributed by atoms with Crippen molar-refractivity contribution in [2.24, 2.45) is 0 Å². The molecule has 8 nitrogen and oxygen atoms in total. The number of hydrogen-bond acceptors (Lipinski definition) is 7. The first-order chi connectivity index (χ1) is 15.5. The van der Waals surface area contributed by atoms with Crippen LogP contribution in [0.3, 0.4) is 0 Å². The van der Waals surface area contributed by atoms with Crippen molar-refractivity contribution < 1.29 is 19.0 Å². The molecule has 0 aliphatic rings. The van der Waals surface area contributed by atoms with Crippen molar-refractivity contribution in [2.45, 2.75) is 26.6 Å². The summed E-state index contributed by atoms with van der Waals surface area (Å²) in [6, 6.07) is 12.6. The Hall–Kier alpha value is -3.78. The van der Waals surface area contributed by atoms with Gasteiger partial charge >= 0.3 is 0 Å².